The van der Waals surface area contributed by atoms with Crippen LogP contribution < -0.4 is 5.32 Å². The molecule has 1 saturated carbocycles. The Morgan fingerprint density at radius 1 is 1.60 bits per heavy atom. The molecule has 1 aliphatic carbocycles. The Morgan fingerprint density at radius 2 is 2.40 bits per heavy atom. The number of nitrogens with one attached hydrogen (secondary N) is 1. The van der Waals surface area contributed by atoms with Gasteiger partial charge in [-0.15, -0.1) is 0 Å². The molecule has 1 aliphatic rings. The van der Waals surface area contributed by atoms with Crippen molar-refractivity contribution in [2.75, 3.05) is 0 Å². The molecule has 1 N–H and O–H groups in total. The van der Waals surface area contributed by atoms with Crippen LogP contribution in [0, 0.1) is 5.41 Å². The van der Waals surface area contributed by atoms with Gasteiger partial charge in [-0.3, -0.25) is 4.68 Å². The van der Waals surface area contributed by atoms with Crippen molar-refractivity contribution >= 4 is 0 Å². The van der Waals surface area contributed by atoms with Crippen molar-refractivity contribution in [3.05, 3.63) is 18.0 Å². The molecule has 0 amide bonds. The van der Waals surface area contributed by atoms with Crippen LogP contribution in [-0.4, -0.2) is 15.8 Å². The summed E-state index contributed by atoms with van der Waals surface area (Å²) in [6.07, 6.45) is 5.81. The molecule has 15 heavy (non-hydrogen) atoms. The fourth-order valence-electron chi connectivity index (χ4n) is 2.43. The number of rotatable bonds is 3. The van der Waals surface area contributed by atoms with E-state index >= 15 is 0 Å². The quantitative estimate of drug-likeness (QED) is 0.822. The first-order valence-corrected chi connectivity index (χ1v) is 5.77. The molecule has 1 fully saturated rings. The Hall–Kier alpha value is -0.830. The highest BCUT2D eigenvalue weighted by Crippen LogP contribution is 2.36. The Morgan fingerprint density at radius 3 is 2.93 bits per heavy atom. The van der Waals surface area contributed by atoms with E-state index in [-0.39, 0.29) is 0 Å². The van der Waals surface area contributed by atoms with Gasteiger partial charge in [0, 0.05) is 25.8 Å². The first-order chi connectivity index (χ1) is 7.07. The summed E-state index contributed by atoms with van der Waals surface area (Å²) in [6, 6.07) is 2.77. The average molecular weight is 207 g/mol. The molecule has 3 nitrogen and oxygen atoms in total. The molecule has 0 aromatic carbocycles. The Bertz CT molecular complexity index is 327. The lowest BCUT2D eigenvalue weighted by molar-refractivity contribution is 0.363. The molecular weight excluding hydrogens is 186 g/mol. The lowest BCUT2D eigenvalue weighted by Crippen LogP contribution is -2.27. The van der Waals surface area contributed by atoms with Gasteiger partial charge in [0.15, 0.2) is 0 Å². The molecule has 1 aromatic heterocycles. The highest BCUT2D eigenvalue weighted by atomic mass is 15.3. The highest BCUT2D eigenvalue weighted by Gasteiger charge is 2.30. The second-order valence-corrected chi connectivity index (χ2v) is 5.43. The Balaban J connectivity index is 1.83. The first kappa shape index (κ1) is 10.7. The number of hydrogen-bond acceptors (Lipinski definition) is 2. The first-order valence-electron chi connectivity index (χ1n) is 5.77. The van der Waals surface area contributed by atoms with E-state index in [2.05, 4.69) is 30.3 Å². The monoisotopic (exact) mass is 207 g/mol. The predicted molar refractivity (Wildman–Crippen MR) is 61.5 cm³/mol. The zero-order chi connectivity index (χ0) is 10.9. The van der Waals surface area contributed by atoms with E-state index in [4.69, 9.17) is 0 Å². The number of hydrogen-bond donors (Lipinski definition) is 1. The van der Waals surface area contributed by atoms with E-state index in [1.165, 1.54) is 25.0 Å². The lowest BCUT2D eigenvalue weighted by atomic mass is 9.92. The van der Waals surface area contributed by atoms with Gasteiger partial charge in [0.1, 0.15) is 0 Å². The van der Waals surface area contributed by atoms with Gasteiger partial charge in [-0.1, -0.05) is 13.8 Å². The normalized spacial score (nSPS) is 24.6. The minimum Gasteiger partial charge on any atom is -0.308 e. The standard InChI is InChI=1S/C12H21N3/c1-12(2)6-4-10(8-12)13-9-11-5-7-14-15(11)3/h5,7,10,13H,4,6,8-9H2,1-3H3. The summed E-state index contributed by atoms with van der Waals surface area (Å²) in [6.45, 7) is 5.66. The maximum Gasteiger partial charge on any atom is 0.0518 e. The molecule has 84 valence electrons. The van der Waals surface area contributed by atoms with Gasteiger partial charge in [0.05, 0.1) is 5.69 Å². The molecule has 1 heterocycles. The van der Waals surface area contributed by atoms with Crippen LogP contribution in [0.25, 0.3) is 0 Å². The molecule has 0 spiro atoms. The van der Waals surface area contributed by atoms with Crippen molar-refractivity contribution in [1.29, 1.82) is 0 Å². The van der Waals surface area contributed by atoms with E-state index in [0.29, 0.717) is 11.5 Å². The van der Waals surface area contributed by atoms with E-state index in [1.54, 1.807) is 0 Å². The number of nitrogens with zero attached hydrogens (tertiary/aromatic N) is 2. The molecule has 0 bridgehead atoms. The van der Waals surface area contributed by atoms with Crippen molar-refractivity contribution in [1.82, 2.24) is 15.1 Å². The average Bonchev–Trinajstić information content (AvgIpc) is 2.69. The SMILES string of the molecule is Cn1nccc1CNC1CCC(C)(C)C1. The van der Waals surface area contributed by atoms with Crippen LogP contribution in [0.4, 0.5) is 0 Å². The van der Waals surface area contributed by atoms with Gasteiger partial charge in [-0.05, 0) is 30.7 Å². The molecule has 2 rings (SSSR count). The van der Waals surface area contributed by atoms with E-state index in [1.807, 2.05) is 17.9 Å². The van der Waals surface area contributed by atoms with Crippen molar-refractivity contribution in [3.8, 4) is 0 Å². The van der Waals surface area contributed by atoms with Crippen LogP contribution in [0.1, 0.15) is 38.8 Å². The van der Waals surface area contributed by atoms with Crippen molar-refractivity contribution in [2.45, 2.75) is 45.7 Å². The Kier molecular flexibility index (Phi) is 2.83. The number of aryl methyl sites for hydroxylation is 1. The largest absolute Gasteiger partial charge is 0.308 e. The van der Waals surface area contributed by atoms with Crippen molar-refractivity contribution in [3.63, 3.8) is 0 Å². The minimum atomic E-state index is 0.532. The zero-order valence-electron chi connectivity index (χ0n) is 9.95. The van der Waals surface area contributed by atoms with Gasteiger partial charge in [0.25, 0.3) is 0 Å². The van der Waals surface area contributed by atoms with Gasteiger partial charge in [-0.2, -0.15) is 5.10 Å². The van der Waals surface area contributed by atoms with Crippen LogP contribution in [0.15, 0.2) is 12.3 Å². The fourth-order valence-corrected chi connectivity index (χ4v) is 2.43. The second kappa shape index (κ2) is 3.97. The molecule has 1 atom stereocenters. The smallest absolute Gasteiger partial charge is 0.0518 e. The summed E-state index contributed by atoms with van der Waals surface area (Å²) in [4.78, 5) is 0. The maximum absolute atomic E-state index is 4.17. The molecule has 0 radical (unpaired) electrons. The summed E-state index contributed by atoms with van der Waals surface area (Å²) in [7, 11) is 2.00. The van der Waals surface area contributed by atoms with Crippen LogP contribution in [0.5, 0.6) is 0 Å². The van der Waals surface area contributed by atoms with Gasteiger partial charge >= 0.3 is 0 Å². The predicted octanol–water partition coefficient (Wildman–Crippen LogP) is 2.09. The molecule has 3 heteroatoms. The topological polar surface area (TPSA) is 29.9 Å². The van der Waals surface area contributed by atoms with E-state index in [0.717, 1.165) is 6.54 Å². The summed E-state index contributed by atoms with van der Waals surface area (Å²) < 4.78 is 1.94. The van der Waals surface area contributed by atoms with Crippen molar-refractivity contribution < 1.29 is 0 Å². The minimum absolute atomic E-state index is 0.532. The van der Waals surface area contributed by atoms with Gasteiger partial charge in [0.2, 0.25) is 0 Å². The fraction of sp³-hybridized carbons (Fsp3) is 0.750. The summed E-state index contributed by atoms with van der Waals surface area (Å²) in [5.74, 6) is 0. The van der Waals surface area contributed by atoms with Gasteiger partial charge < -0.3 is 5.32 Å². The summed E-state index contributed by atoms with van der Waals surface area (Å²) in [5, 5.41) is 7.79. The van der Waals surface area contributed by atoms with Crippen LogP contribution >= 0.6 is 0 Å². The van der Waals surface area contributed by atoms with Crippen molar-refractivity contribution in [2.24, 2.45) is 12.5 Å². The third-order valence-electron chi connectivity index (χ3n) is 3.46. The zero-order valence-corrected chi connectivity index (χ0v) is 9.95. The molecular formula is C12H21N3. The van der Waals surface area contributed by atoms with Crippen LogP contribution in [0.3, 0.4) is 0 Å². The third kappa shape index (κ3) is 2.59. The van der Waals surface area contributed by atoms with Crippen LogP contribution in [0.2, 0.25) is 0 Å². The molecule has 1 unspecified atom stereocenters. The maximum atomic E-state index is 4.17. The summed E-state index contributed by atoms with van der Waals surface area (Å²) >= 11 is 0. The third-order valence-corrected chi connectivity index (χ3v) is 3.46. The van der Waals surface area contributed by atoms with E-state index < -0.39 is 0 Å². The molecule has 0 saturated heterocycles. The number of aromatic nitrogens is 2. The Labute approximate surface area is 91.9 Å². The van der Waals surface area contributed by atoms with E-state index in [9.17, 15) is 0 Å². The highest BCUT2D eigenvalue weighted by molar-refractivity contribution is 5.00. The summed E-state index contributed by atoms with van der Waals surface area (Å²) in [5.41, 5.74) is 1.80. The lowest BCUT2D eigenvalue weighted by Gasteiger charge is -2.17. The second-order valence-electron chi connectivity index (χ2n) is 5.43. The van der Waals surface area contributed by atoms with Gasteiger partial charge in [-0.25, -0.2) is 0 Å². The molecule has 1 aromatic rings. The van der Waals surface area contributed by atoms with Crippen LogP contribution in [-0.2, 0) is 13.6 Å². The molecule has 0 aliphatic heterocycles.